The van der Waals surface area contributed by atoms with Crippen molar-refractivity contribution < 1.29 is 9.59 Å². The summed E-state index contributed by atoms with van der Waals surface area (Å²) in [7, 11) is 0. The molecule has 0 spiro atoms. The first-order valence-corrected chi connectivity index (χ1v) is 9.01. The van der Waals surface area contributed by atoms with Crippen LogP contribution in [0.4, 0.5) is 4.79 Å². The quantitative estimate of drug-likeness (QED) is 0.765. The second kappa shape index (κ2) is 8.94. The fraction of sp³-hybridized carbons (Fsp3) is 0.778. The van der Waals surface area contributed by atoms with Gasteiger partial charge in [-0.15, -0.1) is 0 Å². The first-order valence-electron chi connectivity index (χ1n) is 9.01. The van der Waals surface area contributed by atoms with E-state index < -0.39 is 0 Å². The van der Waals surface area contributed by atoms with E-state index in [1.807, 2.05) is 4.90 Å². The molecule has 3 amide bonds. The summed E-state index contributed by atoms with van der Waals surface area (Å²) in [6.07, 6.45) is 9.92. The lowest BCUT2D eigenvalue weighted by molar-refractivity contribution is -0.123. The molecule has 0 saturated carbocycles. The molecular weight excluding hydrogens is 290 g/mol. The smallest absolute Gasteiger partial charge is 0.317 e. The van der Waals surface area contributed by atoms with Gasteiger partial charge in [-0.05, 0) is 43.9 Å². The van der Waals surface area contributed by atoms with Crippen molar-refractivity contribution in [1.82, 2.24) is 15.5 Å². The van der Waals surface area contributed by atoms with Crippen LogP contribution in [-0.4, -0.2) is 42.5 Å². The van der Waals surface area contributed by atoms with Crippen LogP contribution < -0.4 is 10.6 Å². The van der Waals surface area contributed by atoms with E-state index >= 15 is 0 Å². The third-order valence-corrected chi connectivity index (χ3v) is 4.58. The van der Waals surface area contributed by atoms with Gasteiger partial charge in [0.2, 0.25) is 5.91 Å². The molecule has 0 radical (unpaired) electrons. The highest BCUT2D eigenvalue weighted by Crippen LogP contribution is 2.20. The number of likely N-dealkylation sites (tertiary alicyclic amines) is 1. The van der Waals surface area contributed by atoms with Crippen LogP contribution in [0.1, 0.15) is 52.4 Å². The van der Waals surface area contributed by atoms with Gasteiger partial charge in [-0.1, -0.05) is 26.0 Å². The number of hydrogen-bond acceptors (Lipinski definition) is 2. The van der Waals surface area contributed by atoms with Crippen LogP contribution in [0.15, 0.2) is 12.2 Å². The molecule has 130 valence electrons. The van der Waals surface area contributed by atoms with E-state index in [0.717, 1.165) is 38.6 Å². The van der Waals surface area contributed by atoms with Gasteiger partial charge < -0.3 is 15.5 Å². The summed E-state index contributed by atoms with van der Waals surface area (Å²) in [6.45, 7) is 6.38. The maximum atomic E-state index is 12.2. The summed E-state index contributed by atoms with van der Waals surface area (Å²) < 4.78 is 0. The molecule has 0 bridgehead atoms. The van der Waals surface area contributed by atoms with Crippen molar-refractivity contribution in [2.24, 2.45) is 11.8 Å². The molecule has 23 heavy (non-hydrogen) atoms. The summed E-state index contributed by atoms with van der Waals surface area (Å²) in [5, 5.41) is 6.11. The predicted octanol–water partition coefficient (Wildman–Crippen LogP) is 2.68. The van der Waals surface area contributed by atoms with E-state index in [-0.39, 0.29) is 17.9 Å². The largest absolute Gasteiger partial charge is 0.353 e. The Labute approximate surface area is 139 Å². The van der Waals surface area contributed by atoms with Gasteiger partial charge >= 0.3 is 6.03 Å². The third kappa shape index (κ3) is 6.24. The molecule has 0 aromatic heterocycles. The minimum atomic E-state index is 0.0150. The lowest BCUT2D eigenvalue weighted by atomic mass is 9.94. The standard InChI is InChI=1S/C18H31N3O2/c1-14(2)12-19-18(23)21-10-6-7-15(13-21)11-17(22)20-16-8-4-3-5-9-16/h3-4,14-16H,5-13H2,1-2H3,(H,19,23)(H,20,22)/t15-,16+/m0/s1. The number of urea groups is 1. The minimum absolute atomic E-state index is 0.0150. The molecule has 5 nitrogen and oxygen atoms in total. The number of amides is 3. The first kappa shape index (κ1) is 17.8. The van der Waals surface area contributed by atoms with Gasteiger partial charge in [-0.2, -0.15) is 0 Å². The molecule has 0 unspecified atom stereocenters. The highest BCUT2D eigenvalue weighted by molar-refractivity contribution is 5.77. The van der Waals surface area contributed by atoms with Crippen molar-refractivity contribution >= 4 is 11.9 Å². The molecule has 2 atom stereocenters. The second-order valence-corrected chi connectivity index (χ2v) is 7.29. The molecule has 1 aliphatic carbocycles. The molecule has 5 heteroatoms. The average Bonchev–Trinajstić information content (AvgIpc) is 2.53. The Balaban J connectivity index is 1.73. The number of rotatable bonds is 5. The highest BCUT2D eigenvalue weighted by atomic mass is 16.2. The van der Waals surface area contributed by atoms with E-state index in [4.69, 9.17) is 0 Å². The van der Waals surface area contributed by atoms with Crippen LogP contribution in [-0.2, 0) is 4.79 Å². The van der Waals surface area contributed by atoms with Gasteiger partial charge in [0.05, 0.1) is 0 Å². The van der Waals surface area contributed by atoms with E-state index in [2.05, 4.69) is 36.6 Å². The van der Waals surface area contributed by atoms with Crippen molar-refractivity contribution in [3.05, 3.63) is 12.2 Å². The Morgan fingerprint density at radius 3 is 2.78 bits per heavy atom. The van der Waals surface area contributed by atoms with E-state index in [0.29, 0.717) is 31.5 Å². The van der Waals surface area contributed by atoms with Crippen LogP contribution in [0.2, 0.25) is 0 Å². The Kier molecular flexibility index (Phi) is 6.93. The van der Waals surface area contributed by atoms with Gasteiger partial charge in [0.25, 0.3) is 0 Å². The topological polar surface area (TPSA) is 61.4 Å². The Bertz CT molecular complexity index is 434. The predicted molar refractivity (Wildman–Crippen MR) is 92.1 cm³/mol. The SMILES string of the molecule is CC(C)CNC(=O)N1CCC[C@@H](CC(=O)N[C@@H]2CC=CCC2)C1. The molecule has 2 N–H and O–H groups in total. The zero-order valence-electron chi connectivity index (χ0n) is 14.5. The monoisotopic (exact) mass is 321 g/mol. The normalized spacial score (nSPS) is 24.6. The van der Waals surface area contributed by atoms with Crippen LogP contribution in [0.25, 0.3) is 0 Å². The molecule has 0 aromatic carbocycles. The number of nitrogens with one attached hydrogen (secondary N) is 2. The number of carbonyl (C=O) groups is 2. The number of carbonyl (C=O) groups excluding carboxylic acids is 2. The number of piperidine rings is 1. The Hall–Kier alpha value is -1.52. The van der Waals surface area contributed by atoms with Crippen LogP contribution in [0.5, 0.6) is 0 Å². The fourth-order valence-corrected chi connectivity index (χ4v) is 3.29. The van der Waals surface area contributed by atoms with Crippen molar-refractivity contribution in [2.75, 3.05) is 19.6 Å². The third-order valence-electron chi connectivity index (χ3n) is 4.58. The number of allylic oxidation sites excluding steroid dienone is 1. The molecule has 2 rings (SSSR count). The molecule has 0 aromatic rings. The maximum absolute atomic E-state index is 12.2. The zero-order chi connectivity index (χ0) is 16.7. The van der Waals surface area contributed by atoms with Crippen molar-refractivity contribution in [3.8, 4) is 0 Å². The molecule has 1 fully saturated rings. The minimum Gasteiger partial charge on any atom is -0.353 e. The second-order valence-electron chi connectivity index (χ2n) is 7.29. The van der Waals surface area contributed by atoms with Crippen LogP contribution >= 0.6 is 0 Å². The zero-order valence-corrected chi connectivity index (χ0v) is 14.5. The molecule has 1 heterocycles. The summed E-state index contributed by atoms with van der Waals surface area (Å²) in [5.41, 5.74) is 0. The lowest BCUT2D eigenvalue weighted by Gasteiger charge is -2.33. The van der Waals surface area contributed by atoms with Gasteiger partial charge in [-0.3, -0.25) is 4.79 Å². The lowest BCUT2D eigenvalue weighted by Crippen LogP contribution is -2.47. The van der Waals surface area contributed by atoms with Crippen molar-refractivity contribution in [2.45, 2.75) is 58.4 Å². The van der Waals surface area contributed by atoms with Gasteiger partial charge in [0, 0.05) is 32.1 Å². The maximum Gasteiger partial charge on any atom is 0.317 e. The van der Waals surface area contributed by atoms with E-state index in [9.17, 15) is 9.59 Å². The summed E-state index contributed by atoms with van der Waals surface area (Å²) >= 11 is 0. The van der Waals surface area contributed by atoms with Crippen molar-refractivity contribution in [3.63, 3.8) is 0 Å². The van der Waals surface area contributed by atoms with Gasteiger partial charge in [-0.25, -0.2) is 4.79 Å². The van der Waals surface area contributed by atoms with Gasteiger partial charge in [0.15, 0.2) is 0 Å². The van der Waals surface area contributed by atoms with Crippen molar-refractivity contribution in [1.29, 1.82) is 0 Å². The Morgan fingerprint density at radius 2 is 2.09 bits per heavy atom. The summed E-state index contributed by atoms with van der Waals surface area (Å²) in [5.74, 6) is 0.877. The molecule has 1 saturated heterocycles. The average molecular weight is 321 g/mol. The van der Waals surface area contributed by atoms with E-state index in [1.165, 1.54) is 0 Å². The van der Waals surface area contributed by atoms with E-state index in [1.54, 1.807) is 0 Å². The number of hydrogen-bond donors (Lipinski definition) is 2. The first-order chi connectivity index (χ1) is 11.0. The molecule has 2 aliphatic rings. The highest BCUT2D eigenvalue weighted by Gasteiger charge is 2.26. The van der Waals surface area contributed by atoms with Crippen LogP contribution in [0, 0.1) is 11.8 Å². The molecular formula is C18H31N3O2. The fourth-order valence-electron chi connectivity index (χ4n) is 3.29. The summed E-state index contributed by atoms with van der Waals surface area (Å²) in [4.78, 5) is 26.2. The van der Waals surface area contributed by atoms with Crippen LogP contribution in [0.3, 0.4) is 0 Å². The summed E-state index contributed by atoms with van der Waals surface area (Å²) in [6, 6.07) is 0.308. The number of nitrogens with zero attached hydrogens (tertiary/aromatic N) is 1. The van der Waals surface area contributed by atoms with Gasteiger partial charge in [0.1, 0.15) is 0 Å². The Morgan fingerprint density at radius 1 is 1.26 bits per heavy atom. The molecule has 1 aliphatic heterocycles.